The molecule has 1 atom stereocenters. The maximum absolute atomic E-state index is 13.2. The minimum atomic E-state index is -4.91. The van der Waals surface area contributed by atoms with Crippen molar-refractivity contribution in [2.24, 2.45) is 5.92 Å². The number of carbonyl (C=O) groups is 1. The summed E-state index contributed by atoms with van der Waals surface area (Å²) in [5.41, 5.74) is -1.99. The van der Waals surface area contributed by atoms with E-state index in [9.17, 15) is 31.1 Å². The number of halogens is 6. The van der Waals surface area contributed by atoms with Crippen LogP contribution >= 0.6 is 0 Å². The van der Waals surface area contributed by atoms with Gasteiger partial charge in [0, 0.05) is 32.7 Å². The van der Waals surface area contributed by atoms with Gasteiger partial charge in [-0.2, -0.15) is 26.3 Å². The van der Waals surface area contributed by atoms with Gasteiger partial charge in [-0.3, -0.25) is 9.80 Å². The predicted molar refractivity (Wildman–Crippen MR) is 140 cm³/mol. The highest BCUT2D eigenvalue weighted by Crippen LogP contribution is 2.36. The molecule has 1 aliphatic rings. The van der Waals surface area contributed by atoms with Crippen LogP contribution in [-0.4, -0.2) is 74.9 Å². The molecule has 0 N–H and O–H groups in total. The monoisotopic (exact) mass is 590 g/mol. The largest absolute Gasteiger partial charge is 0.464 e. The Bertz CT molecular complexity index is 1050. The third-order valence-corrected chi connectivity index (χ3v) is 6.57. The van der Waals surface area contributed by atoms with Crippen LogP contribution < -0.4 is 0 Å². The predicted octanol–water partition coefficient (Wildman–Crippen LogP) is 5.82. The van der Waals surface area contributed by atoms with E-state index in [-0.39, 0.29) is 36.8 Å². The Morgan fingerprint density at radius 3 is 2.02 bits per heavy atom. The lowest BCUT2D eigenvalue weighted by Gasteiger charge is -2.39. The van der Waals surface area contributed by atoms with Crippen molar-refractivity contribution in [3.63, 3.8) is 0 Å². The van der Waals surface area contributed by atoms with Gasteiger partial charge in [0.15, 0.2) is 0 Å². The van der Waals surface area contributed by atoms with Gasteiger partial charge in [0.05, 0.1) is 43.6 Å². The van der Waals surface area contributed by atoms with Gasteiger partial charge in [-0.05, 0) is 35.2 Å². The highest BCUT2D eigenvalue weighted by Gasteiger charge is 2.37. The Hall–Kier alpha value is -2.67. The summed E-state index contributed by atoms with van der Waals surface area (Å²) < 4.78 is 95.6. The number of ether oxygens (including phenoxy) is 3. The summed E-state index contributed by atoms with van der Waals surface area (Å²) in [4.78, 5) is 16.0. The quantitative estimate of drug-likeness (QED) is 0.167. The molecule has 1 fully saturated rings. The molecule has 3 rings (SSSR count). The zero-order valence-corrected chi connectivity index (χ0v) is 23.1. The van der Waals surface area contributed by atoms with Crippen LogP contribution in [0.5, 0.6) is 0 Å². The van der Waals surface area contributed by atoms with E-state index in [2.05, 4.69) is 9.80 Å². The number of esters is 1. The van der Waals surface area contributed by atoms with Crippen LogP contribution in [0.15, 0.2) is 48.5 Å². The van der Waals surface area contributed by atoms with Crippen molar-refractivity contribution in [2.75, 3.05) is 59.2 Å². The summed E-state index contributed by atoms with van der Waals surface area (Å²) in [5, 5.41) is 0. The first-order valence-corrected chi connectivity index (χ1v) is 13.4. The first-order valence-electron chi connectivity index (χ1n) is 13.4. The molecule has 0 radical (unpaired) electrons. The number of piperazine rings is 1. The van der Waals surface area contributed by atoms with Gasteiger partial charge in [-0.1, -0.05) is 44.2 Å². The van der Waals surface area contributed by atoms with E-state index in [1.54, 1.807) is 0 Å². The number of nitrogens with zero attached hydrogens (tertiary/aromatic N) is 2. The molecular formula is C29H36F6N2O4. The van der Waals surface area contributed by atoms with Crippen molar-refractivity contribution in [3.05, 3.63) is 70.8 Å². The van der Waals surface area contributed by atoms with Gasteiger partial charge in [0.25, 0.3) is 0 Å². The lowest BCUT2D eigenvalue weighted by molar-refractivity contribution is -0.150. The molecule has 41 heavy (non-hydrogen) atoms. The van der Waals surface area contributed by atoms with Crippen LogP contribution in [0.2, 0.25) is 0 Å². The van der Waals surface area contributed by atoms with E-state index in [0.717, 1.165) is 5.56 Å². The van der Waals surface area contributed by atoms with E-state index >= 15 is 0 Å². The Morgan fingerprint density at radius 2 is 1.46 bits per heavy atom. The third kappa shape index (κ3) is 10.9. The Balaban J connectivity index is 1.55. The Morgan fingerprint density at radius 1 is 0.854 bits per heavy atom. The molecule has 228 valence electrons. The first kappa shape index (κ1) is 32.8. The first-order chi connectivity index (χ1) is 19.3. The zero-order valence-electron chi connectivity index (χ0n) is 23.1. The molecule has 2 aromatic carbocycles. The van der Waals surface area contributed by atoms with Crippen molar-refractivity contribution in [1.82, 2.24) is 9.80 Å². The fraction of sp³-hybridized carbons (Fsp3) is 0.552. The minimum Gasteiger partial charge on any atom is -0.464 e. The normalized spacial score (nSPS) is 16.2. The standard InChI is InChI=1S/C29H36F6N2O4/c1-21(2)17-41-27(38)20-39-13-12-36-8-10-37(11-9-36)26(23-6-4-3-5-7-23)19-40-18-22-14-24(28(30,31)32)16-25(15-22)29(33,34)35/h3-7,14-16,21,26H,8-13,17-20H2,1-2H3. The Kier molecular flexibility index (Phi) is 12.0. The highest BCUT2D eigenvalue weighted by atomic mass is 19.4. The lowest BCUT2D eigenvalue weighted by Crippen LogP contribution is -2.49. The van der Waals surface area contributed by atoms with Crippen LogP contribution in [0.25, 0.3) is 0 Å². The van der Waals surface area contributed by atoms with Crippen LogP contribution in [-0.2, 0) is 38.0 Å². The maximum Gasteiger partial charge on any atom is 0.416 e. The summed E-state index contributed by atoms with van der Waals surface area (Å²) in [7, 11) is 0. The average Bonchev–Trinajstić information content (AvgIpc) is 2.92. The third-order valence-electron chi connectivity index (χ3n) is 6.57. The van der Waals surface area contributed by atoms with Crippen molar-refractivity contribution in [3.8, 4) is 0 Å². The smallest absolute Gasteiger partial charge is 0.416 e. The number of rotatable bonds is 13. The van der Waals surface area contributed by atoms with Gasteiger partial charge >= 0.3 is 18.3 Å². The lowest BCUT2D eigenvalue weighted by atomic mass is 10.0. The second kappa shape index (κ2) is 15.0. The molecule has 0 saturated carbocycles. The van der Waals surface area contributed by atoms with Gasteiger partial charge < -0.3 is 14.2 Å². The molecule has 2 aromatic rings. The van der Waals surface area contributed by atoms with Crippen LogP contribution in [0.3, 0.4) is 0 Å². The second-order valence-corrected chi connectivity index (χ2v) is 10.4. The van der Waals surface area contributed by atoms with E-state index < -0.39 is 36.1 Å². The fourth-order valence-electron chi connectivity index (χ4n) is 4.43. The van der Waals surface area contributed by atoms with Crippen molar-refractivity contribution in [2.45, 2.75) is 38.8 Å². The van der Waals surface area contributed by atoms with Crippen LogP contribution in [0.4, 0.5) is 26.3 Å². The number of benzene rings is 2. The molecule has 0 aromatic heterocycles. The molecule has 0 spiro atoms. The summed E-state index contributed by atoms with van der Waals surface area (Å²) in [5.74, 6) is -0.142. The van der Waals surface area contributed by atoms with Crippen molar-refractivity contribution >= 4 is 5.97 Å². The van der Waals surface area contributed by atoms with Gasteiger partial charge in [-0.25, -0.2) is 4.79 Å². The Labute approximate surface area is 236 Å². The molecule has 1 aliphatic heterocycles. The number of alkyl halides is 6. The van der Waals surface area contributed by atoms with Crippen molar-refractivity contribution in [1.29, 1.82) is 0 Å². The summed E-state index contributed by atoms with van der Waals surface area (Å²) >= 11 is 0. The van der Waals surface area contributed by atoms with E-state index in [4.69, 9.17) is 14.2 Å². The van der Waals surface area contributed by atoms with E-state index in [1.165, 1.54) is 0 Å². The molecule has 0 amide bonds. The molecule has 0 aliphatic carbocycles. The van der Waals surface area contributed by atoms with E-state index in [1.807, 2.05) is 44.2 Å². The molecule has 1 unspecified atom stereocenters. The SMILES string of the molecule is CC(C)COC(=O)COCCN1CCN(C(COCc2cc(C(F)(F)F)cc(C(F)(F)F)c2)c2ccccc2)CC1. The number of hydrogen-bond acceptors (Lipinski definition) is 6. The van der Waals surface area contributed by atoms with Crippen LogP contribution in [0.1, 0.15) is 42.1 Å². The molecule has 0 bridgehead atoms. The van der Waals surface area contributed by atoms with Gasteiger partial charge in [-0.15, -0.1) is 0 Å². The summed E-state index contributed by atoms with van der Waals surface area (Å²) in [6.45, 7) is 7.62. The van der Waals surface area contributed by atoms with E-state index in [0.29, 0.717) is 58.1 Å². The number of hydrogen-bond donors (Lipinski definition) is 0. The average molecular weight is 591 g/mol. The summed E-state index contributed by atoms with van der Waals surface area (Å²) in [6.07, 6.45) is -9.82. The second-order valence-electron chi connectivity index (χ2n) is 10.4. The zero-order chi connectivity index (χ0) is 30.0. The van der Waals surface area contributed by atoms with Crippen LogP contribution in [0, 0.1) is 5.92 Å². The molecule has 1 heterocycles. The highest BCUT2D eigenvalue weighted by molar-refractivity contribution is 5.70. The maximum atomic E-state index is 13.2. The minimum absolute atomic E-state index is 0.0865. The molecule has 12 heteroatoms. The topological polar surface area (TPSA) is 51.2 Å². The molecule has 1 saturated heterocycles. The summed E-state index contributed by atoms with van der Waals surface area (Å²) in [6, 6.07) is 10.7. The molecule has 6 nitrogen and oxygen atoms in total. The van der Waals surface area contributed by atoms with Gasteiger partial charge in [0.2, 0.25) is 0 Å². The van der Waals surface area contributed by atoms with Gasteiger partial charge in [0.1, 0.15) is 6.61 Å². The fourth-order valence-corrected chi connectivity index (χ4v) is 4.43. The number of carbonyl (C=O) groups excluding carboxylic acids is 1. The van der Waals surface area contributed by atoms with Crippen molar-refractivity contribution < 1.29 is 45.3 Å². The molecular weight excluding hydrogens is 554 g/mol.